The number of ether oxygens (including phenoxy) is 3. The molecule has 0 aromatic heterocycles. The highest BCUT2D eigenvalue weighted by atomic mass is 19.1. The third-order valence-electron chi connectivity index (χ3n) is 6.33. The molecule has 2 aromatic carbocycles. The molecule has 1 aliphatic carbocycles. The van der Waals surface area contributed by atoms with Gasteiger partial charge in [-0.25, -0.2) is 4.79 Å². The van der Waals surface area contributed by atoms with E-state index in [-0.39, 0.29) is 30.0 Å². The van der Waals surface area contributed by atoms with Gasteiger partial charge < -0.3 is 14.2 Å². The number of hydrogen-bond acceptors (Lipinski definition) is 4. The molecule has 0 spiro atoms. The summed E-state index contributed by atoms with van der Waals surface area (Å²) in [6.45, 7) is 4.58. The van der Waals surface area contributed by atoms with Gasteiger partial charge in [-0.3, -0.25) is 0 Å². The number of halogens is 1. The minimum Gasteiger partial charge on any atom is -0.491 e. The first-order valence-corrected chi connectivity index (χ1v) is 12.0. The molecule has 0 saturated heterocycles. The Morgan fingerprint density at radius 2 is 1.76 bits per heavy atom. The first-order chi connectivity index (χ1) is 16.1. The van der Waals surface area contributed by atoms with E-state index in [4.69, 9.17) is 14.2 Å². The lowest BCUT2D eigenvalue weighted by molar-refractivity contribution is -0.136. The average molecular weight is 455 g/mol. The van der Waals surface area contributed by atoms with Crippen molar-refractivity contribution in [1.82, 2.24) is 0 Å². The van der Waals surface area contributed by atoms with Crippen LogP contribution in [0.1, 0.15) is 63.5 Å². The summed E-state index contributed by atoms with van der Waals surface area (Å²) in [5, 5.41) is 0. The van der Waals surface area contributed by atoms with Gasteiger partial charge in [0, 0.05) is 11.1 Å². The summed E-state index contributed by atoms with van der Waals surface area (Å²) in [5.41, 5.74) is 2.03. The zero-order valence-corrected chi connectivity index (χ0v) is 19.9. The van der Waals surface area contributed by atoms with Crippen molar-refractivity contribution >= 4 is 12.0 Å². The molecule has 0 N–H and O–H groups in total. The van der Waals surface area contributed by atoms with E-state index in [1.54, 1.807) is 18.2 Å². The molecule has 0 amide bonds. The Balaban J connectivity index is 1.93. The van der Waals surface area contributed by atoms with Gasteiger partial charge in [-0.05, 0) is 68.2 Å². The van der Waals surface area contributed by atoms with Crippen molar-refractivity contribution in [3.63, 3.8) is 0 Å². The van der Waals surface area contributed by atoms with Crippen LogP contribution in [-0.4, -0.2) is 19.7 Å². The van der Waals surface area contributed by atoms with Crippen LogP contribution in [0.5, 0.6) is 11.5 Å². The number of methoxy groups -OCH3 is 1. The van der Waals surface area contributed by atoms with Crippen LogP contribution < -0.4 is 9.47 Å². The van der Waals surface area contributed by atoms with E-state index in [9.17, 15) is 4.79 Å². The second-order valence-electron chi connectivity index (χ2n) is 8.60. The molecule has 0 heterocycles. The van der Waals surface area contributed by atoms with Gasteiger partial charge in [-0.2, -0.15) is 4.39 Å². The normalized spacial score (nSPS) is 18.6. The Morgan fingerprint density at radius 1 is 1.03 bits per heavy atom. The van der Waals surface area contributed by atoms with Crippen LogP contribution in [0, 0.1) is 17.7 Å². The van der Waals surface area contributed by atoms with Gasteiger partial charge in [-0.1, -0.05) is 50.1 Å². The van der Waals surface area contributed by atoms with Crippen LogP contribution in [0.15, 0.2) is 48.0 Å². The molecule has 1 aliphatic rings. The van der Waals surface area contributed by atoms with Gasteiger partial charge in [-0.15, -0.1) is 0 Å². The van der Waals surface area contributed by atoms with Crippen molar-refractivity contribution in [1.29, 1.82) is 0 Å². The second-order valence-corrected chi connectivity index (χ2v) is 8.60. The summed E-state index contributed by atoms with van der Waals surface area (Å²) < 4.78 is 31.8. The van der Waals surface area contributed by atoms with Gasteiger partial charge in [0.1, 0.15) is 6.61 Å². The van der Waals surface area contributed by atoms with Crippen molar-refractivity contribution in [3.8, 4) is 11.5 Å². The van der Waals surface area contributed by atoms with E-state index in [2.05, 4.69) is 6.92 Å². The maximum Gasteiger partial charge on any atom is 0.334 e. The summed E-state index contributed by atoms with van der Waals surface area (Å²) in [6, 6.07) is 12.9. The fraction of sp³-hybridized carbons (Fsp3) is 0.464. The molecule has 0 bridgehead atoms. The van der Waals surface area contributed by atoms with Crippen molar-refractivity contribution in [3.05, 3.63) is 65.0 Å². The van der Waals surface area contributed by atoms with Crippen LogP contribution in [-0.2, 0) is 16.1 Å². The topological polar surface area (TPSA) is 44.8 Å². The van der Waals surface area contributed by atoms with E-state index in [0.717, 1.165) is 37.2 Å². The maximum atomic E-state index is 15.3. The average Bonchev–Trinajstić information content (AvgIpc) is 2.84. The number of rotatable bonds is 10. The zero-order valence-electron chi connectivity index (χ0n) is 19.9. The highest BCUT2D eigenvalue weighted by Gasteiger charge is 2.28. The Labute approximate surface area is 196 Å². The molecular formula is C28H35FO4. The largest absolute Gasteiger partial charge is 0.491 e. The maximum absolute atomic E-state index is 15.3. The third kappa shape index (κ3) is 6.59. The predicted molar refractivity (Wildman–Crippen MR) is 129 cm³/mol. The minimum absolute atomic E-state index is 0.0888. The number of benzene rings is 2. The first-order valence-electron chi connectivity index (χ1n) is 12.0. The van der Waals surface area contributed by atoms with Crippen LogP contribution in [0.25, 0.3) is 6.08 Å². The summed E-state index contributed by atoms with van der Waals surface area (Å²) in [5.74, 6) is 0.123. The molecule has 1 fully saturated rings. The molecule has 3 rings (SSSR count). The molecule has 1 saturated carbocycles. The SMILES string of the molecule is CCC[C@H]1CC[C@H](C(=Cc2ccc(OCC)c(F)c2OCc2ccccc2)C(=O)OC)CC1. The number of carbonyl (C=O) groups is 1. The van der Waals surface area contributed by atoms with Crippen molar-refractivity contribution in [2.45, 2.75) is 59.0 Å². The van der Waals surface area contributed by atoms with Crippen molar-refractivity contribution in [2.75, 3.05) is 13.7 Å². The van der Waals surface area contributed by atoms with E-state index in [1.807, 2.05) is 37.3 Å². The smallest absolute Gasteiger partial charge is 0.334 e. The third-order valence-corrected chi connectivity index (χ3v) is 6.33. The summed E-state index contributed by atoms with van der Waals surface area (Å²) in [7, 11) is 1.39. The summed E-state index contributed by atoms with van der Waals surface area (Å²) >= 11 is 0. The van der Waals surface area contributed by atoms with Gasteiger partial charge in [0.25, 0.3) is 0 Å². The lowest BCUT2D eigenvalue weighted by Gasteiger charge is -2.29. The fourth-order valence-electron chi connectivity index (χ4n) is 4.61. The number of hydrogen-bond donors (Lipinski definition) is 0. The van der Waals surface area contributed by atoms with Gasteiger partial charge in [0.2, 0.25) is 5.82 Å². The Morgan fingerprint density at radius 3 is 2.39 bits per heavy atom. The summed E-state index contributed by atoms with van der Waals surface area (Å²) in [6.07, 6.45) is 8.23. The molecule has 0 unspecified atom stereocenters. The molecule has 178 valence electrons. The molecular weight excluding hydrogens is 419 g/mol. The first kappa shape index (κ1) is 24.8. The van der Waals surface area contributed by atoms with Crippen molar-refractivity contribution < 1.29 is 23.4 Å². The minimum atomic E-state index is -0.558. The molecule has 0 atom stereocenters. The lowest BCUT2D eigenvalue weighted by Crippen LogP contribution is -2.21. The Hall–Kier alpha value is -2.82. The molecule has 0 radical (unpaired) electrons. The quantitative estimate of drug-likeness (QED) is 0.287. The van der Waals surface area contributed by atoms with E-state index >= 15 is 4.39 Å². The van der Waals surface area contributed by atoms with Crippen LogP contribution in [0.4, 0.5) is 4.39 Å². The molecule has 4 nitrogen and oxygen atoms in total. The standard InChI is InChI=1S/C28H35FO4/c1-4-9-20-12-14-22(15-13-20)24(28(30)31-3)18-23-16-17-25(32-5-2)26(29)27(23)33-19-21-10-7-6-8-11-21/h6-8,10-11,16-18,20,22H,4-5,9,12-15,19H2,1-3H3/t20-,22-. The van der Waals surface area contributed by atoms with Gasteiger partial charge in [0.05, 0.1) is 13.7 Å². The zero-order chi connectivity index (χ0) is 23.6. The van der Waals surface area contributed by atoms with E-state index in [0.29, 0.717) is 17.7 Å². The van der Waals surface area contributed by atoms with E-state index < -0.39 is 5.82 Å². The molecule has 33 heavy (non-hydrogen) atoms. The lowest BCUT2D eigenvalue weighted by atomic mass is 9.76. The molecule has 5 heteroatoms. The highest BCUT2D eigenvalue weighted by molar-refractivity contribution is 5.94. The van der Waals surface area contributed by atoms with Gasteiger partial charge in [0.15, 0.2) is 11.5 Å². The van der Waals surface area contributed by atoms with Crippen molar-refractivity contribution in [2.24, 2.45) is 11.8 Å². The summed E-state index contributed by atoms with van der Waals surface area (Å²) in [4.78, 5) is 12.7. The van der Waals surface area contributed by atoms with E-state index in [1.165, 1.54) is 20.0 Å². The van der Waals surface area contributed by atoms with Gasteiger partial charge >= 0.3 is 5.97 Å². The monoisotopic (exact) mass is 454 g/mol. The second kappa shape index (κ2) is 12.4. The highest BCUT2D eigenvalue weighted by Crippen LogP contribution is 2.38. The van der Waals surface area contributed by atoms with Crippen LogP contribution in [0.3, 0.4) is 0 Å². The van der Waals surface area contributed by atoms with Crippen LogP contribution >= 0.6 is 0 Å². The fourth-order valence-corrected chi connectivity index (χ4v) is 4.61. The predicted octanol–water partition coefficient (Wildman–Crippen LogP) is 6.97. The van der Waals surface area contributed by atoms with Crippen LogP contribution in [0.2, 0.25) is 0 Å². The Bertz CT molecular complexity index is 930. The molecule has 0 aliphatic heterocycles. The Kier molecular flexibility index (Phi) is 9.35. The number of esters is 1. The molecule has 2 aromatic rings. The number of carbonyl (C=O) groups excluding carboxylic acids is 1.